The van der Waals surface area contributed by atoms with Crippen molar-refractivity contribution in [1.82, 2.24) is 4.90 Å². The van der Waals surface area contributed by atoms with Crippen LogP contribution in [0.15, 0.2) is 78.9 Å². The first-order valence-electron chi connectivity index (χ1n) is 9.56. The van der Waals surface area contributed by atoms with Crippen molar-refractivity contribution in [2.45, 2.75) is 0 Å². The molecule has 1 saturated heterocycles. The van der Waals surface area contributed by atoms with E-state index in [9.17, 15) is 14.9 Å². The first kappa shape index (κ1) is 18.7. The maximum Gasteiger partial charge on any atom is 0.292 e. The van der Waals surface area contributed by atoms with Crippen molar-refractivity contribution >= 4 is 17.3 Å². The fraction of sp³-hybridized carbons (Fsp3) is 0.174. The molecule has 6 heteroatoms. The monoisotopic (exact) mass is 387 g/mol. The lowest BCUT2D eigenvalue weighted by Gasteiger charge is -2.35. The predicted molar refractivity (Wildman–Crippen MR) is 113 cm³/mol. The summed E-state index contributed by atoms with van der Waals surface area (Å²) in [7, 11) is 0. The van der Waals surface area contributed by atoms with Gasteiger partial charge >= 0.3 is 0 Å². The number of hydrogen-bond donors (Lipinski definition) is 0. The van der Waals surface area contributed by atoms with E-state index in [1.54, 1.807) is 18.2 Å². The summed E-state index contributed by atoms with van der Waals surface area (Å²) in [6.07, 6.45) is 0. The Bertz CT molecular complexity index is 1010. The minimum absolute atomic E-state index is 0.00757. The zero-order valence-corrected chi connectivity index (χ0v) is 15.9. The van der Waals surface area contributed by atoms with Gasteiger partial charge in [-0.1, -0.05) is 54.6 Å². The summed E-state index contributed by atoms with van der Waals surface area (Å²) in [5, 5.41) is 11.3. The molecule has 1 fully saturated rings. The summed E-state index contributed by atoms with van der Waals surface area (Å²) >= 11 is 0. The zero-order chi connectivity index (χ0) is 20.2. The van der Waals surface area contributed by atoms with Gasteiger partial charge in [0.1, 0.15) is 5.69 Å². The van der Waals surface area contributed by atoms with Crippen molar-refractivity contribution in [1.29, 1.82) is 0 Å². The van der Waals surface area contributed by atoms with Crippen molar-refractivity contribution in [2.24, 2.45) is 0 Å². The number of benzene rings is 3. The normalized spacial score (nSPS) is 13.9. The third-order valence-corrected chi connectivity index (χ3v) is 5.22. The fourth-order valence-corrected chi connectivity index (χ4v) is 3.65. The molecule has 146 valence electrons. The average molecular weight is 387 g/mol. The molecule has 0 atom stereocenters. The van der Waals surface area contributed by atoms with E-state index in [1.807, 2.05) is 64.4 Å². The van der Waals surface area contributed by atoms with Gasteiger partial charge in [-0.05, 0) is 29.3 Å². The highest BCUT2D eigenvalue weighted by Crippen LogP contribution is 2.28. The van der Waals surface area contributed by atoms with Crippen molar-refractivity contribution < 1.29 is 9.72 Å². The molecule has 1 heterocycles. The van der Waals surface area contributed by atoms with Crippen LogP contribution in [-0.4, -0.2) is 41.9 Å². The largest absolute Gasteiger partial charge is 0.362 e. The number of piperazine rings is 1. The van der Waals surface area contributed by atoms with Gasteiger partial charge < -0.3 is 9.80 Å². The Morgan fingerprint density at radius 2 is 1.34 bits per heavy atom. The van der Waals surface area contributed by atoms with Gasteiger partial charge in [-0.15, -0.1) is 0 Å². The SMILES string of the molecule is O=C(c1ccc(-c2ccccc2)cc1)N1CCN(c2ccccc2[N+](=O)[O-])CC1. The molecule has 3 aromatic carbocycles. The number of carbonyl (C=O) groups excluding carboxylic acids is 1. The minimum atomic E-state index is -0.360. The second-order valence-corrected chi connectivity index (χ2v) is 6.97. The number of carbonyl (C=O) groups is 1. The predicted octanol–water partition coefficient (Wildman–Crippen LogP) is 4.22. The Labute approximate surface area is 169 Å². The summed E-state index contributed by atoms with van der Waals surface area (Å²) in [6.45, 7) is 2.20. The maximum absolute atomic E-state index is 12.9. The average Bonchev–Trinajstić information content (AvgIpc) is 2.79. The molecule has 0 saturated carbocycles. The van der Waals surface area contributed by atoms with E-state index in [-0.39, 0.29) is 16.5 Å². The summed E-state index contributed by atoms with van der Waals surface area (Å²) < 4.78 is 0. The topological polar surface area (TPSA) is 66.7 Å². The third kappa shape index (κ3) is 3.96. The number of nitrogens with zero attached hydrogens (tertiary/aromatic N) is 3. The van der Waals surface area contributed by atoms with Crippen LogP contribution >= 0.6 is 0 Å². The lowest BCUT2D eigenvalue weighted by molar-refractivity contribution is -0.384. The van der Waals surface area contributed by atoms with Crippen LogP contribution in [0, 0.1) is 10.1 Å². The molecule has 4 rings (SSSR count). The zero-order valence-electron chi connectivity index (χ0n) is 15.9. The van der Waals surface area contributed by atoms with Crippen LogP contribution < -0.4 is 4.90 Å². The summed E-state index contributed by atoms with van der Waals surface area (Å²) in [6, 6.07) is 24.4. The highest BCUT2D eigenvalue weighted by atomic mass is 16.6. The Morgan fingerprint density at radius 1 is 0.759 bits per heavy atom. The van der Waals surface area contributed by atoms with E-state index in [0.717, 1.165) is 11.1 Å². The van der Waals surface area contributed by atoms with Gasteiger partial charge in [-0.2, -0.15) is 0 Å². The molecule has 0 bridgehead atoms. The molecule has 0 radical (unpaired) electrons. The van der Waals surface area contributed by atoms with Gasteiger partial charge in [0.25, 0.3) is 11.6 Å². The molecule has 0 spiro atoms. The van der Waals surface area contributed by atoms with Crippen LogP contribution in [0.5, 0.6) is 0 Å². The van der Waals surface area contributed by atoms with E-state index in [1.165, 1.54) is 6.07 Å². The van der Waals surface area contributed by atoms with Crippen molar-refractivity contribution in [3.05, 3.63) is 94.5 Å². The molecule has 3 aromatic rings. The molecule has 0 N–H and O–H groups in total. The minimum Gasteiger partial charge on any atom is -0.362 e. The molecule has 1 aliphatic heterocycles. The molecule has 29 heavy (non-hydrogen) atoms. The van der Waals surface area contributed by atoms with Gasteiger partial charge in [-0.25, -0.2) is 0 Å². The Morgan fingerprint density at radius 3 is 2.00 bits per heavy atom. The molecule has 1 aliphatic rings. The number of para-hydroxylation sites is 2. The highest BCUT2D eigenvalue weighted by molar-refractivity contribution is 5.95. The van der Waals surface area contributed by atoms with Gasteiger partial charge in [0.2, 0.25) is 0 Å². The second-order valence-electron chi connectivity index (χ2n) is 6.97. The summed E-state index contributed by atoms with van der Waals surface area (Å²) in [5.74, 6) is -0.00757. The lowest BCUT2D eigenvalue weighted by Crippen LogP contribution is -2.48. The number of rotatable bonds is 4. The molecular formula is C23H21N3O3. The van der Waals surface area contributed by atoms with E-state index >= 15 is 0 Å². The van der Waals surface area contributed by atoms with E-state index in [4.69, 9.17) is 0 Å². The van der Waals surface area contributed by atoms with Crippen LogP contribution in [0.2, 0.25) is 0 Å². The number of amides is 1. The highest BCUT2D eigenvalue weighted by Gasteiger charge is 2.26. The first-order valence-corrected chi connectivity index (χ1v) is 9.56. The molecule has 0 aliphatic carbocycles. The summed E-state index contributed by atoms with van der Waals surface area (Å²) in [5.41, 5.74) is 3.55. The van der Waals surface area contributed by atoms with Crippen LogP contribution in [0.3, 0.4) is 0 Å². The fourth-order valence-electron chi connectivity index (χ4n) is 3.65. The van der Waals surface area contributed by atoms with Gasteiger partial charge in [0.05, 0.1) is 4.92 Å². The van der Waals surface area contributed by atoms with Gasteiger partial charge in [-0.3, -0.25) is 14.9 Å². The maximum atomic E-state index is 12.9. The second kappa shape index (κ2) is 8.14. The molecule has 6 nitrogen and oxygen atoms in total. The van der Waals surface area contributed by atoms with Crippen molar-refractivity contribution in [2.75, 3.05) is 31.1 Å². The summed E-state index contributed by atoms with van der Waals surface area (Å²) in [4.78, 5) is 27.6. The van der Waals surface area contributed by atoms with Crippen molar-refractivity contribution in [3.63, 3.8) is 0 Å². The molecule has 1 amide bonds. The smallest absolute Gasteiger partial charge is 0.292 e. The number of hydrogen-bond acceptors (Lipinski definition) is 4. The quantitative estimate of drug-likeness (QED) is 0.496. The molecule has 0 unspecified atom stereocenters. The molecular weight excluding hydrogens is 366 g/mol. The standard InChI is InChI=1S/C23H21N3O3/c27-23(20-12-10-19(11-13-20)18-6-2-1-3-7-18)25-16-14-24(15-17-25)21-8-4-5-9-22(21)26(28)29/h1-13H,14-17H2. The molecule has 0 aromatic heterocycles. The van der Waals surface area contributed by atoms with Gasteiger partial charge in [0, 0.05) is 37.8 Å². The van der Waals surface area contributed by atoms with Crippen LogP contribution in [-0.2, 0) is 0 Å². The third-order valence-electron chi connectivity index (χ3n) is 5.22. The number of anilines is 1. The number of nitro benzene ring substituents is 1. The number of nitro groups is 1. The Balaban J connectivity index is 1.42. The van der Waals surface area contributed by atoms with E-state index in [2.05, 4.69) is 0 Å². The first-order chi connectivity index (χ1) is 14.1. The van der Waals surface area contributed by atoms with Gasteiger partial charge in [0.15, 0.2) is 0 Å². The Hall–Kier alpha value is -3.67. The Kier molecular flexibility index (Phi) is 5.24. The van der Waals surface area contributed by atoms with Crippen molar-refractivity contribution in [3.8, 4) is 11.1 Å². The van der Waals surface area contributed by atoms with Crippen LogP contribution in [0.1, 0.15) is 10.4 Å². The lowest BCUT2D eigenvalue weighted by atomic mass is 10.0. The van der Waals surface area contributed by atoms with Crippen LogP contribution in [0.25, 0.3) is 11.1 Å². The van der Waals surface area contributed by atoms with E-state index < -0.39 is 0 Å². The van der Waals surface area contributed by atoms with Crippen LogP contribution in [0.4, 0.5) is 11.4 Å². The van der Waals surface area contributed by atoms with E-state index in [0.29, 0.717) is 37.4 Å².